The molecule has 0 aliphatic carbocycles. The fourth-order valence-electron chi connectivity index (χ4n) is 1.46. The highest BCUT2D eigenvalue weighted by Gasteiger charge is 2.30. The lowest BCUT2D eigenvalue weighted by Crippen LogP contribution is -2.21. The van der Waals surface area contributed by atoms with Gasteiger partial charge in [0.15, 0.2) is 0 Å². The topological polar surface area (TPSA) is 21.3 Å². The summed E-state index contributed by atoms with van der Waals surface area (Å²) in [6.45, 7) is 5.45. The summed E-state index contributed by atoms with van der Waals surface area (Å²) in [4.78, 5) is 0. The lowest BCUT2D eigenvalue weighted by molar-refractivity contribution is -0.137. The summed E-state index contributed by atoms with van der Waals surface area (Å²) in [6.07, 6.45) is -4.11. The lowest BCUT2D eigenvalue weighted by Gasteiger charge is -2.10. The molecule has 1 aromatic carbocycles. The molecule has 5 heteroatoms. The number of halogens is 3. The first-order valence-electron chi connectivity index (χ1n) is 5.88. The molecule has 1 rings (SSSR count). The number of hydrogen-bond acceptors (Lipinski definition) is 2. The fourth-order valence-corrected chi connectivity index (χ4v) is 1.46. The van der Waals surface area contributed by atoms with Gasteiger partial charge in [0.05, 0.1) is 18.3 Å². The second-order valence-electron chi connectivity index (χ2n) is 4.29. The molecule has 1 aromatic rings. The van der Waals surface area contributed by atoms with E-state index in [1.54, 1.807) is 6.07 Å². The molecule has 0 heterocycles. The van der Waals surface area contributed by atoms with E-state index in [2.05, 4.69) is 5.32 Å². The smallest absolute Gasteiger partial charge is 0.377 e. The number of ether oxygens (including phenoxy) is 1. The van der Waals surface area contributed by atoms with Crippen LogP contribution in [0.25, 0.3) is 0 Å². The highest BCUT2D eigenvalue weighted by Crippen LogP contribution is 2.29. The van der Waals surface area contributed by atoms with E-state index in [9.17, 15) is 13.2 Å². The van der Waals surface area contributed by atoms with Gasteiger partial charge < -0.3 is 10.1 Å². The Morgan fingerprint density at radius 2 is 2.00 bits per heavy atom. The molecule has 0 fully saturated rings. The van der Waals surface area contributed by atoms with E-state index in [0.717, 1.165) is 12.1 Å². The molecule has 0 amide bonds. The van der Waals surface area contributed by atoms with Crippen LogP contribution in [0.5, 0.6) is 0 Å². The highest BCUT2D eigenvalue weighted by molar-refractivity contribution is 5.25. The Balaban J connectivity index is 2.39. The van der Waals surface area contributed by atoms with Crippen LogP contribution in [-0.2, 0) is 17.5 Å². The Morgan fingerprint density at radius 1 is 1.28 bits per heavy atom. The summed E-state index contributed by atoms with van der Waals surface area (Å²) in [5, 5.41) is 3.04. The van der Waals surface area contributed by atoms with E-state index in [1.807, 2.05) is 13.8 Å². The Hall–Kier alpha value is -1.07. The van der Waals surface area contributed by atoms with E-state index in [1.165, 1.54) is 6.07 Å². The quantitative estimate of drug-likeness (QED) is 0.794. The van der Waals surface area contributed by atoms with E-state index >= 15 is 0 Å². The number of hydrogen-bond donors (Lipinski definition) is 1. The standard InChI is InChI=1S/C13H18F3NO/c1-10(2)18-7-6-17-9-11-4-3-5-12(8-11)13(14,15)16/h3-5,8,10,17H,6-7,9H2,1-2H3. The number of benzene rings is 1. The van der Waals surface area contributed by atoms with Crippen LogP contribution in [-0.4, -0.2) is 19.3 Å². The van der Waals surface area contributed by atoms with Crippen LogP contribution in [0.4, 0.5) is 13.2 Å². The maximum absolute atomic E-state index is 12.5. The molecule has 18 heavy (non-hydrogen) atoms. The maximum Gasteiger partial charge on any atom is 0.416 e. The van der Waals surface area contributed by atoms with E-state index in [-0.39, 0.29) is 6.10 Å². The van der Waals surface area contributed by atoms with Crippen LogP contribution in [0.3, 0.4) is 0 Å². The van der Waals surface area contributed by atoms with Gasteiger partial charge in [-0.3, -0.25) is 0 Å². The van der Waals surface area contributed by atoms with Gasteiger partial charge in [0.25, 0.3) is 0 Å². The Morgan fingerprint density at radius 3 is 2.61 bits per heavy atom. The van der Waals surface area contributed by atoms with Gasteiger partial charge in [0, 0.05) is 13.1 Å². The first-order valence-corrected chi connectivity index (χ1v) is 5.88. The molecule has 0 spiro atoms. The van der Waals surface area contributed by atoms with Crippen molar-refractivity contribution in [2.45, 2.75) is 32.7 Å². The van der Waals surface area contributed by atoms with Crippen molar-refractivity contribution in [2.24, 2.45) is 0 Å². The molecule has 0 aromatic heterocycles. The van der Waals surface area contributed by atoms with Gasteiger partial charge in [-0.25, -0.2) is 0 Å². The van der Waals surface area contributed by atoms with Gasteiger partial charge in [-0.15, -0.1) is 0 Å². The molecule has 102 valence electrons. The van der Waals surface area contributed by atoms with E-state index < -0.39 is 11.7 Å². The van der Waals surface area contributed by atoms with Crippen molar-refractivity contribution in [2.75, 3.05) is 13.2 Å². The monoisotopic (exact) mass is 261 g/mol. The second-order valence-corrected chi connectivity index (χ2v) is 4.29. The van der Waals surface area contributed by atoms with Crippen LogP contribution in [0.2, 0.25) is 0 Å². The van der Waals surface area contributed by atoms with Crippen LogP contribution in [0, 0.1) is 0 Å². The van der Waals surface area contributed by atoms with Gasteiger partial charge >= 0.3 is 6.18 Å². The third-order valence-electron chi connectivity index (χ3n) is 2.31. The number of alkyl halides is 3. The summed E-state index contributed by atoms with van der Waals surface area (Å²) >= 11 is 0. The summed E-state index contributed by atoms with van der Waals surface area (Å²) < 4.78 is 42.7. The van der Waals surface area contributed by atoms with Gasteiger partial charge in [0.1, 0.15) is 0 Å². The predicted molar refractivity (Wildman–Crippen MR) is 64.2 cm³/mol. The number of rotatable bonds is 6. The van der Waals surface area contributed by atoms with Crippen molar-refractivity contribution >= 4 is 0 Å². The van der Waals surface area contributed by atoms with Gasteiger partial charge in [0.2, 0.25) is 0 Å². The molecule has 0 unspecified atom stereocenters. The van der Waals surface area contributed by atoms with Crippen molar-refractivity contribution in [1.29, 1.82) is 0 Å². The zero-order valence-electron chi connectivity index (χ0n) is 10.6. The molecule has 2 nitrogen and oxygen atoms in total. The SMILES string of the molecule is CC(C)OCCNCc1cccc(C(F)(F)F)c1. The average Bonchev–Trinajstić information content (AvgIpc) is 2.27. The van der Waals surface area contributed by atoms with Crippen LogP contribution >= 0.6 is 0 Å². The Kier molecular flexibility index (Phi) is 5.62. The molecule has 0 aliphatic heterocycles. The van der Waals surface area contributed by atoms with Crippen molar-refractivity contribution in [1.82, 2.24) is 5.32 Å². The molecular weight excluding hydrogens is 243 g/mol. The zero-order chi connectivity index (χ0) is 13.6. The minimum Gasteiger partial charge on any atom is -0.377 e. The highest BCUT2D eigenvalue weighted by atomic mass is 19.4. The van der Waals surface area contributed by atoms with E-state index in [0.29, 0.717) is 25.3 Å². The largest absolute Gasteiger partial charge is 0.416 e. The third kappa shape index (κ3) is 5.51. The van der Waals surface area contributed by atoms with Gasteiger partial charge in [-0.2, -0.15) is 13.2 Å². The second kappa shape index (κ2) is 6.75. The molecule has 0 radical (unpaired) electrons. The third-order valence-corrected chi connectivity index (χ3v) is 2.31. The Labute approximate surface area is 105 Å². The first kappa shape index (κ1) is 15.0. The van der Waals surface area contributed by atoms with Crippen LogP contribution in [0.15, 0.2) is 24.3 Å². The summed E-state index contributed by atoms with van der Waals surface area (Å²) in [6, 6.07) is 5.33. The summed E-state index contributed by atoms with van der Waals surface area (Å²) in [5.41, 5.74) is 0.00889. The summed E-state index contributed by atoms with van der Waals surface area (Å²) in [5.74, 6) is 0. The number of nitrogens with one attached hydrogen (secondary N) is 1. The lowest BCUT2D eigenvalue weighted by atomic mass is 10.1. The molecule has 0 saturated carbocycles. The van der Waals surface area contributed by atoms with Gasteiger partial charge in [-0.1, -0.05) is 18.2 Å². The van der Waals surface area contributed by atoms with E-state index in [4.69, 9.17) is 4.74 Å². The maximum atomic E-state index is 12.5. The molecule has 0 aliphatic rings. The van der Waals surface area contributed by atoms with Crippen molar-refractivity contribution in [3.8, 4) is 0 Å². The van der Waals surface area contributed by atoms with Crippen molar-refractivity contribution < 1.29 is 17.9 Å². The van der Waals surface area contributed by atoms with Crippen LogP contribution < -0.4 is 5.32 Å². The van der Waals surface area contributed by atoms with Crippen LogP contribution in [0.1, 0.15) is 25.0 Å². The fraction of sp³-hybridized carbons (Fsp3) is 0.538. The normalized spacial score (nSPS) is 12.1. The molecule has 0 bridgehead atoms. The first-order chi connectivity index (χ1) is 8.39. The minimum absolute atomic E-state index is 0.167. The molecule has 1 N–H and O–H groups in total. The van der Waals surface area contributed by atoms with Crippen molar-refractivity contribution in [3.63, 3.8) is 0 Å². The summed E-state index contributed by atoms with van der Waals surface area (Å²) in [7, 11) is 0. The van der Waals surface area contributed by atoms with Gasteiger partial charge in [-0.05, 0) is 25.5 Å². The molecule has 0 saturated heterocycles. The Bertz CT molecular complexity index is 363. The predicted octanol–water partition coefficient (Wildman–Crippen LogP) is 3.22. The van der Waals surface area contributed by atoms with Crippen molar-refractivity contribution in [3.05, 3.63) is 35.4 Å². The zero-order valence-corrected chi connectivity index (χ0v) is 10.6. The molecule has 0 atom stereocenters. The average molecular weight is 261 g/mol. The minimum atomic E-state index is -4.28. The molecular formula is C13H18F3NO.